The molecule has 0 atom stereocenters. The zero-order valence-electron chi connectivity index (χ0n) is 12.4. The van der Waals surface area contributed by atoms with Crippen LogP contribution in [-0.2, 0) is 0 Å². The lowest BCUT2D eigenvalue weighted by Gasteiger charge is -2.18. The van der Waals surface area contributed by atoms with E-state index >= 15 is 0 Å². The van der Waals surface area contributed by atoms with Crippen molar-refractivity contribution in [3.05, 3.63) is 59.9 Å². The molecule has 1 amide bonds. The number of fused-ring (bicyclic) bond motifs is 1. The molecule has 0 aliphatic rings. The molecule has 0 bridgehead atoms. The summed E-state index contributed by atoms with van der Waals surface area (Å²) in [5, 5.41) is 0.776. The Kier molecular flexibility index (Phi) is 3.47. The average Bonchev–Trinajstić information content (AvgIpc) is 2.55. The molecule has 0 aliphatic heterocycles. The molecule has 3 aromatic rings. The topological polar surface area (TPSA) is 72.1 Å². The van der Waals surface area contributed by atoms with Crippen molar-refractivity contribution in [3.8, 4) is 0 Å². The van der Waals surface area contributed by atoms with Crippen molar-refractivity contribution in [2.24, 2.45) is 0 Å². The monoisotopic (exact) mass is 292 g/mol. The fourth-order valence-electron chi connectivity index (χ4n) is 2.30. The summed E-state index contributed by atoms with van der Waals surface area (Å²) in [6.07, 6.45) is 3.43. The van der Waals surface area contributed by atoms with Crippen molar-refractivity contribution < 1.29 is 4.79 Å². The first-order chi connectivity index (χ1) is 10.6. The highest BCUT2D eigenvalue weighted by Crippen LogP contribution is 2.25. The lowest BCUT2D eigenvalue weighted by molar-refractivity contribution is 0.0993. The third kappa shape index (κ3) is 2.37. The van der Waals surface area contributed by atoms with E-state index in [0.29, 0.717) is 17.1 Å². The maximum absolute atomic E-state index is 12.7. The van der Waals surface area contributed by atoms with Crippen LogP contribution in [0.5, 0.6) is 0 Å². The van der Waals surface area contributed by atoms with Gasteiger partial charge in [-0.25, -0.2) is 4.98 Å². The van der Waals surface area contributed by atoms with Gasteiger partial charge in [-0.3, -0.25) is 14.7 Å². The number of aryl methyl sites for hydroxylation is 1. The number of aromatic nitrogens is 2. The second kappa shape index (κ2) is 5.44. The number of nitrogen functional groups attached to an aromatic ring is 1. The van der Waals surface area contributed by atoms with E-state index < -0.39 is 0 Å². The second-order valence-electron chi connectivity index (χ2n) is 5.15. The molecule has 3 rings (SSSR count). The lowest BCUT2D eigenvalue weighted by atomic mass is 10.1. The predicted octanol–water partition coefficient (Wildman–Crippen LogP) is 2.80. The third-order valence-electron chi connectivity index (χ3n) is 3.60. The molecule has 0 spiro atoms. The number of nitrogens with two attached hydrogens (primary N) is 1. The van der Waals surface area contributed by atoms with Crippen LogP contribution in [0.3, 0.4) is 0 Å². The van der Waals surface area contributed by atoms with Crippen LogP contribution < -0.4 is 10.6 Å². The van der Waals surface area contributed by atoms with Crippen LogP contribution in [-0.4, -0.2) is 22.9 Å². The van der Waals surface area contributed by atoms with Crippen LogP contribution >= 0.6 is 0 Å². The van der Waals surface area contributed by atoms with Crippen molar-refractivity contribution in [2.75, 3.05) is 17.7 Å². The molecule has 5 nitrogen and oxygen atoms in total. The number of carbonyl (C=O) groups excluding carboxylic acids is 1. The van der Waals surface area contributed by atoms with Crippen molar-refractivity contribution in [3.63, 3.8) is 0 Å². The number of hydrogen-bond donors (Lipinski definition) is 1. The smallest absolute Gasteiger partial charge is 0.261 e. The molecule has 0 radical (unpaired) electrons. The average molecular weight is 292 g/mol. The normalized spacial score (nSPS) is 10.6. The van der Waals surface area contributed by atoms with E-state index in [1.807, 2.05) is 25.1 Å². The number of anilines is 2. The van der Waals surface area contributed by atoms with Crippen molar-refractivity contribution in [1.29, 1.82) is 0 Å². The molecule has 5 heteroatoms. The first kappa shape index (κ1) is 14.0. The molecule has 0 saturated carbocycles. The Morgan fingerprint density at radius 1 is 1.14 bits per heavy atom. The van der Waals surface area contributed by atoms with Crippen molar-refractivity contribution in [1.82, 2.24) is 9.97 Å². The summed E-state index contributed by atoms with van der Waals surface area (Å²) in [5.74, 6) is 0.390. The molecule has 2 heterocycles. The zero-order chi connectivity index (χ0) is 15.7. The second-order valence-corrected chi connectivity index (χ2v) is 5.15. The highest BCUT2D eigenvalue weighted by atomic mass is 16.2. The Hall–Kier alpha value is -2.95. The van der Waals surface area contributed by atoms with Gasteiger partial charge in [0, 0.05) is 24.8 Å². The zero-order valence-corrected chi connectivity index (χ0v) is 12.4. The van der Waals surface area contributed by atoms with Crippen LogP contribution in [0.1, 0.15) is 15.9 Å². The van der Waals surface area contributed by atoms with Crippen LogP contribution in [0.4, 0.5) is 11.5 Å². The fourth-order valence-corrected chi connectivity index (χ4v) is 2.30. The van der Waals surface area contributed by atoms with Gasteiger partial charge in [0.2, 0.25) is 0 Å². The Bertz CT molecular complexity index is 843. The number of rotatable bonds is 2. The predicted molar refractivity (Wildman–Crippen MR) is 87.9 cm³/mol. The van der Waals surface area contributed by atoms with Crippen molar-refractivity contribution in [2.45, 2.75) is 6.92 Å². The van der Waals surface area contributed by atoms with Gasteiger partial charge in [-0.1, -0.05) is 6.07 Å². The molecular weight excluding hydrogens is 276 g/mol. The summed E-state index contributed by atoms with van der Waals surface area (Å²) in [4.78, 5) is 22.7. The van der Waals surface area contributed by atoms with Crippen LogP contribution in [0, 0.1) is 6.92 Å². The molecule has 110 valence electrons. The Morgan fingerprint density at radius 2 is 1.95 bits per heavy atom. The SMILES string of the molecule is Cc1ccc(N(C)C(=O)c2ccc3ncccc3c2N)nc1. The molecule has 0 saturated heterocycles. The molecular formula is C17H16N4O. The van der Waals surface area contributed by atoms with Gasteiger partial charge in [-0.15, -0.1) is 0 Å². The van der Waals surface area contributed by atoms with E-state index in [9.17, 15) is 4.79 Å². The van der Waals surface area contributed by atoms with E-state index in [2.05, 4.69) is 9.97 Å². The van der Waals surface area contributed by atoms with Crippen molar-refractivity contribution >= 4 is 28.3 Å². The van der Waals surface area contributed by atoms with Gasteiger partial charge < -0.3 is 5.73 Å². The number of hydrogen-bond acceptors (Lipinski definition) is 4. The number of amides is 1. The molecule has 1 aromatic carbocycles. The molecule has 0 fully saturated rings. The fraction of sp³-hybridized carbons (Fsp3) is 0.118. The maximum atomic E-state index is 12.7. The minimum absolute atomic E-state index is 0.195. The number of benzene rings is 1. The maximum Gasteiger partial charge on any atom is 0.261 e. The quantitative estimate of drug-likeness (QED) is 0.737. The largest absolute Gasteiger partial charge is 0.398 e. The third-order valence-corrected chi connectivity index (χ3v) is 3.60. The standard InChI is InChI=1S/C17H16N4O/c1-11-5-8-15(20-10-11)21(2)17(22)13-6-7-14-12(16(13)18)4-3-9-19-14/h3-10H,18H2,1-2H3. The number of carbonyl (C=O) groups is 1. The number of pyridine rings is 2. The summed E-state index contributed by atoms with van der Waals surface area (Å²) in [5.41, 5.74) is 8.85. The summed E-state index contributed by atoms with van der Waals surface area (Å²) < 4.78 is 0. The summed E-state index contributed by atoms with van der Waals surface area (Å²) in [7, 11) is 1.69. The van der Waals surface area contributed by atoms with Gasteiger partial charge in [-0.2, -0.15) is 0 Å². The minimum Gasteiger partial charge on any atom is -0.398 e. The van der Waals surface area contributed by atoms with Gasteiger partial charge in [0.25, 0.3) is 5.91 Å². The van der Waals surface area contributed by atoms with Crippen LogP contribution in [0.15, 0.2) is 48.8 Å². The Morgan fingerprint density at radius 3 is 2.68 bits per heavy atom. The van der Waals surface area contributed by atoms with E-state index in [4.69, 9.17) is 5.73 Å². The van der Waals surface area contributed by atoms with E-state index in [-0.39, 0.29) is 5.91 Å². The van der Waals surface area contributed by atoms with Gasteiger partial charge in [0.15, 0.2) is 0 Å². The van der Waals surface area contributed by atoms with Gasteiger partial charge in [0.1, 0.15) is 5.82 Å². The summed E-state index contributed by atoms with van der Waals surface area (Å²) in [6.45, 7) is 1.95. The molecule has 0 unspecified atom stereocenters. The van der Waals surface area contributed by atoms with E-state index in [0.717, 1.165) is 16.5 Å². The highest BCUT2D eigenvalue weighted by Gasteiger charge is 2.18. The van der Waals surface area contributed by atoms with E-state index in [1.54, 1.807) is 37.6 Å². The first-order valence-corrected chi connectivity index (χ1v) is 6.92. The van der Waals surface area contributed by atoms with Crippen LogP contribution in [0.25, 0.3) is 10.9 Å². The molecule has 0 aliphatic carbocycles. The first-order valence-electron chi connectivity index (χ1n) is 6.92. The van der Waals surface area contributed by atoms with Gasteiger partial charge in [-0.05, 0) is 42.8 Å². The highest BCUT2D eigenvalue weighted by molar-refractivity contribution is 6.12. The van der Waals surface area contributed by atoms with Gasteiger partial charge in [0.05, 0.1) is 16.8 Å². The molecule has 2 N–H and O–H groups in total. The summed E-state index contributed by atoms with van der Waals surface area (Å²) >= 11 is 0. The lowest BCUT2D eigenvalue weighted by Crippen LogP contribution is -2.27. The van der Waals surface area contributed by atoms with Crippen LogP contribution in [0.2, 0.25) is 0 Å². The Balaban J connectivity index is 2.01. The number of nitrogens with zero attached hydrogens (tertiary/aromatic N) is 3. The minimum atomic E-state index is -0.195. The molecule has 2 aromatic heterocycles. The summed E-state index contributed by atoms with van der Waals surface area (Å²) in [6, 6.07) is 10.9. The molecule has 22 heavy (non-hydrogen) atoms. The Labute approximate surface area is 128 Å². The van der Waals surface area contributed by atoms with E-state index in [1.165, 1.54) is 4.90 Å². The van der Waals surface area contributed by atoms with Gasteiger partial charge >= 0.3 is 0 Å².